The molecule has 0 atom stereocenters. The van der Waals surface area contributed by atoms with Crippen LogP contribution in [0.3, 0.4) is 0 Å². The summed E-state index contributed by atoms with van der Waals surface area (Å²) >= 11 is 0. The first-order valence-electron chi connectivity index (χ1n) is 3.27. The molecular formula is C8H13N. The first-order valence-corrected chi connectivity index (χ1v) is 3.27. The maximum Gasteiger partial charge on any atom is 0.0211 e. The fourth-order valence-corrected chi connectivity index (χ4v) is 1.10. The van der Waals surface area contributed by atoms with E-state index in [4.69, 9.17) is 0 Å². The van der Waals surface area contributed by atoms with Gasteiger partial charge in [-0.05, 0) is 25.0 Å². The monoisotopic (exact) mass is 123 g/mol. The van der Waals surface area contributed by atoms with Crippen molar-refractivity contribution in [2.75, 3.05) is 13.1 Å². The van der Waals surface area contributed by atoms with Gasteiger partial charge in [0.2, 0.25) is 0 Å². The van der Waals surface area contributed by atoms with E-state index in [1.165, 1.54) is 16.7 Å². The maximum absolute atomic E-state index is 3.94. The van der Waals surface area contributed by atoms with E-state index in [1.54, 1.807) is 0 Å². The van der Waals surface area contributed by atoms with E-state index in [0.717, 1.165) is 13.1 Å². The third-order valence-electron chi connectivity index (χ3n) is 1.67. The van der Waals surface area contributed by atoms with Gasteiger partial charge in [-0.2, -0.15) is 0 Å². The Hall–Kier alpha value is -0.560. The Bertz CT molecular complexity index is 161. The predicted molar refractivity (Wildman–Crippen MR) is 40.4 cm³/mol. The Kier molecular flexibility index (Phi) is 1.72. The Balaban J connectivity index is 2.83. The highest BCUT2D eigenvalue weighted by molar-refractivity contribution is 5.37. The van der Waals surface area contributed by atoms with Gasteiger partial charge >= 0.3 is 0 Å². The third kappa shape index (κ3) is 1.22. The van der Waals surface area contributed by atoms with Crippen LogP contribution >= 0.6 is 0 Å². The summed E-state index contributed by atoms with van der Waals surface area (Å²) in [5, 5.41) is 3.25. The lowest BCUT2D eigenvalue weighted by Crippen LogP contribution is -2.05. The van der Waals surface area contributed by atoms with E-state index in [9.17, 15) is 0 Å². The molecule has 0 aromatic carbocycles. The van der Waals surface area contributed by atoms with E-state index in [0.29, 0.717) is 0 Å². The third-order valence-corrected chi connectivity index (χ3v) is 1.67. The molecule has 1 N–H and O–H groups in total. The molecule has 1 aliphatic heterocycles. The van der Waals surface area contributed by atoms with Crippen LogP contribution in [0.25, 0.3) is 0 Å². The highest BCUT2D eigenvalue weighted by Gasteiger charge is 2.10. The number of allylic oxidation sites excluding steroid dienone is 1. The van der Waals surface area contributed by atoms with Gasteiger partial charge in [-0.25, -0.2) is 0 Å². The molecule has 0 saturated carbocycles. The van der Waals surface area contributed by atoms with Crippen LogP contribution in [0, 0.1) is 0 Å². The van der Waals surface area contributed by atoms with Gasteiger partial charge in [-0.1, -0.05) is 12.2 Å². The van der Waals surface area contributed by atoms with Crippen LogP contribution in [-0.4, -0.2) is 13.1 Å². The van der Waals surface area contributed by atoms with Gasteiger partial charge in [0, 0.05) is 13.1 Å². The van der Waals surface area contributed by atoms with Gasteiger partial charge in [-0.3, -0.25) is 0 Å². The van der Waals surface area contributed by atoms with Crippen molar-refractivity contribution in [3.63, 3.8) is 0 Å². The molecule has 0 bridgehead atoms. The minimum absolute atomic E-state index is 0.973. The predicted octanol–water partition coefficient (Wildman–Crippen LogP) is 1.48. The average molecular weight is 123 g/mol. The molecule has 9 heavy (non-hydrogen) atoms. The van der Waals surface area contributed by atoms with Crippen LogP contribution < -0.4 is 5.32 Å². The van der Waals surface area contributed by atoms with Crippen LogP contribution in [0.1, 0.15) is 13.8 Å². The molecule has 50 valence electrons. The van der Waals surface area contributed by atoms with Gasteiger partial charge in [-0.15, -0.1) is 0 Å². The van der Waals surface area contributed by atoms with Gasteiger partial charge in [0.15, 0.2) is 0 Å². The van der Waals surface area contributed by atoms with Gasteiger partial charge < -0.3 is 5.32 Å². The number of rotatable bonds is 0. The lowest BCUT2D eigenvalue weighted by molar-refractivity contribution is 0.893. The summed E-state index contributed by atoms with van der Waals surface area (Å²) < 4.78 is 0. The normalized spacial score (nSPS) is 18.9. The zero-order valence-electron chi connectivity index (χ0n) is 6.12. The summed E-state index contributed by atoms with van der Waals surface area (Å²) in [5.74, 6) is 0. The summed E-state index contributed by atoms with van der Waals surface area (Å²) in [4.78, 5) is 0. The van der Waals surface area contributed by atoms with Crippen molar-refractivity contribution < 1.29 is 0 Å². The smallest absolute Gasteiger partial charge is 0.0211 e. The summed E-state index contributed by atoms with van der Waals surface area (Å²) in [6.07, 6.45) is 0. The van der Waals surface area contributed by atoms with E-state index < -0.39 is 0 Å². The van der Waals surface area contributed by atoms with E-state index in [-0.39, 0.29) is 0 Å². The van der Waals surface area contributed by atoms with Crippen LogP contribution in [0.2, 0.25) is 0 Å². The molecule has 0 amide bonds. The fraction of sp³-hybridized carbons (Fsp3) is 0.500. The minimum atomic E-state index is 0.973. The first-order chi connectivity index (χ1) is 4.22. The van der Waals surface area contributed by atoms with E-state index in [2.05, 4.69) is 25.7 Å². The van der Waals surface area contributed by atoms with Crippen molar-refractivity contribution in [2.24, 2.45) is 0 Å². The molecule has 1 nitrogen and oxygen atoms in total. The summed E-state index contributed by atoms with van der Waals surface area (Å²) in [7, 11) is 0. The van der Waals surface area contributed by atoms with E-state index in [1.807, 2.05) is 0 Å². The Labute approximate surface area is 56.5 Å². The van der Waals surface area contributed by atoms with Gasteiger partial charge in [0.25, 0.3) is 0 Å². The molecular weight excluding hydrogens is 110 g/mol. The van der Waals surface area contributed by atoms with Crippen LogP contribution in [0.4, 0.5) is 0 Å². The Morgan fingerprint density at radius 2 is 2.11 bits per heavy atom. The molecule has 1 heterocycles. The molecule has 0 radical (unpaired) electrons. The Morgan fingerprint density at radius 3 is 2.33 bits per heavy atom. The highest BCUT2D eigenvalue weighted by Crippen LogP contribution is 2.15. The van der Waals surface area contributed by atoms with Crippen LogP contribution in [-0.2, 0) is 0 Å². The van der Waals surface area contributed by atoms with Gasteiger partial charge in [0.1, 0.15) is 0 Å². The molecule has 1 heteroatoms. The zero-order valence-corrected chi connectivity index (χ0v) is 6.12. The van der Waals surface area contributed by atoms with Crippen molar-refractivity contribution in [3.8, 4) is 0 Å². The van der Waals surface area contributed by atoms with Crippen LogP contribution in [0.5, 0.6) is 0 Å². The van der Waals surface area contributed by atoms with Crippen molar-refractivity contribution in [1.82, 2.24) is 5.32 Å². The molecule has 0 spiro atoms. The number of hydrogen-bond acceptors (Lipinski definition) is 1. The fourth-order valence-electron chi connectivity index (χ4n) is 1.10. The van der Waals surface area contributed by atoms with Crippen LogP contribution in [0.15, 0.2) is 23.3 Å². The molecule has 0 unspecified atom stereocenters. The quantitative estimate of drug-likeness (QED) is 0.514. The lowest BCUT2D eigenvalue weighted by Gasteiger charge is -1.97. The minimum Gasteiger partial charge on any atom is -0.309 e. The lowest BCUT2D eigenvalue weighted by atomic mass is 10.1. The summed E-state index contributed by atoms with van der Waals surface area (Å²) in [5.41, 5.74) is 4.06. The molecule has 1 aliphatic rings. The second-order valence-corrected chi connectivity index (χ2v) is 2.69. The van der Waals surface area contributed by atoms with Crippen molar-refractivity contribution in [2.45, 2.75) is 13.8 Å². The number of nitrogens with one attached hydrogen (secondary N) is 1. The zero-order chi connectivity index (χ0) is 6.85. The number of hydrogen-bond donors (Lipinski definition) is 1. The molecule has 0 aromatic rings. The summed E-state index contributed by atoms with van der Waals surface area (Å²) in [6.45, 7) is 10.2. The first kappa shape index (κ1) is 6.56. The highest BCUT2D eigenvalue weighted by atomic mass is 14.9. The second-order valence-electron chi connectivity index (χ2n) is 2.69. The second kappa shape index (κ2) is 2.36. The maximum atomic E-state index is 3.94. The van der Waals surface area contributed by atoms with E-state index >= 15 is 0 Å². The SMILES string of the molecule is C=C1CNCC1=C(C)C. The standard InChI is InChI=1S/C8H13N/c1-6(2)8-5-9-4-7(8)3/h9H,3-5H2,1-2H3. The molecule has 0 aromatic heterocycles. The Morgan fingerprint density at radius 1 is 1.44 bits per heavy atom. The average Bonchev–Trinajstić information content (AvgIpc) is 2.13. The van der Waals surface area contributed by atoms with Crippen molar-refractivity contribution >= 4 is 0 Å². The molecule has 1 saturated heterocycles. The van der Waals surface area contributed by atoms with Gasteiger partial charge in [0.05, 0.1) is 0 Å². The topological polar surface area (TPSA) is 12.0 Å². The molecule has 1 rings (SSSR count). The van der Waals surface area contributed by atoms with Crippen molar-refractivity contribution in [3.05, 3.63) is 23.3 Å². The van der Waals surface area contributed by atoms with Crippen molar-refractivity contribution in [1.29, 1.82) is 0 Å². The largest absolute Gasteiger partial charge is 0.309 e. The summed E-state index contributed by atoms with van der Waals surface area (Å²) in [6, 6.07) is 0. The molecule has 0 aliphatic carbocycles. The molecule has 1 fully saturated rings.